The van der Waals surface area contributed by atoms with Gasteiger partial charge in [0.1, 0.15) is 5.75 Å². The fourth-order valence-corrected chi connectivity index (χ4v) is 3.02. The summed E-state index contributed by atoms with van der Waals surface area (Å²) in [6.07, 6.45) is 1.61. The normalized spacial score (nSPS) is 18.0. The summed E-state index contributed by atoms with van der Waals surface area (Å²) in [5.41, 5.74) is 2.15. The zero-order valence-corrected chi connectivity index (χ0v) is 12.8. The highest BCUT2D eigenvalue weighted by molar-refractivity contribution is 5.84. The van der Waals surface area contributed by atoms with E-state index in [-0.39, 0.29) is 17.9 Å². The van der Waals surface area contributed by atoms with E-state index in [0.717, 1.165) is 29.7 Å². The molecular weight excluding hydrogens is 274 g/mol. The molecule has 22 heavy (non-hydrogen) atoms. The van der Waals surface area contributed by atoms with Gasteiger partial charge in [-0.05, 0) is 18.1 Å². The second kappa shape index (κ2) is 6.65. The van der Waals surface area contributed by atoms with Crippen molar-refractivity contribution in [3.63, 3.8) is 0 Å². The van der Waals surface area contributed by atoms with E-state index in [9.17, 15) is 4.79 Å². The zero-order valence-electron chi connectivity index (χ0n) is 12.8. The number of hydrogen-bond acceptors (Lipinski definition) is 2. The quantitative estimate of drug-likeness (QED) is 0.931. The standard InChI is InChI=1S/C19H21NO2/c1-2-15(14-8-4-3-5-9-14)19(21)20-17-12-13-22-18-11-7-6-10-16(17)18/h3-11,15,17H,2,12-13H2,1H3,(H,20,21)/t15-,17+/m1/s1. The summed E-state index contributed by atoms with van der Waals surface area (Å²) in [7, 11) is 0. The smallest absolute Gasteiger partial charge is 0.228 e. The predicted octanol–water partition coefficient (Wildman–Crippen LogP) is 3.82. The van der Waals surface area contributed by atoms with Crippen molar-refractivity contribution in [3.8, 4) is 5.75 Å². The van der Waals surface area contributed by atoms with Crippen LogP contribution in [0.5, 0.6) is 5.75 Å². The molecule has 2 aromatic rings. The molecule has 0 spiro atoms. The summed E-state index contributed by atoms with van der Waals surface area (Å²) < 4.78 is 5.66. The number of rotatable bonds is 4. The van der Waals surface area contributed by atoms with Crippen LogP contribution in [0.25, 0.3) is 0 Å². The molecule has 0 radical (unpaired) electrons. The van der Waals surface area contributed by atoms with Crippen molar-refractivity contribution >= 4 is 5.91 Å². The Kier molecular flexibility index (Phi) is 4.42. The predicted molar refractivity (Wildman–Crippen MR) is 86.9 cm³/mol. The maximum atomic E-state index is 12.7. The monoisotopic (exact) mass is 295 g/mol. The molecule has 2 atom stereocenters. The third-order valence-electron chi connectivity index (χ3n) is 4.20. The third kappa shape index (κ3) is 2.98. The van der Waals surface area contributed by atoms with Crippen LogP contribution in [0.4, 0.5) is 0 Å². The van der Waals surface area contributed by atoms with E-state index in [2.05, 4.69) is 12.2 Å². The Bertz CT molecular complexity index is 639. The number of hydrogen-bond donors (Lipinski definition) is 1. The average Bonchev–Trinajstić information content (AvgIpc) is 2.57. The Morgan fingerprint density at radius 3 is 2.68 bits per heavy atom. The lowest BCUT2D eigenvalue weighted by Gasteiger charge is -2.28. The summed E-state index contributed by atoms with van der Waals surface area (Å²) in [5.74, 6) is 0.874. The Labute approximate surface area is 131 Å². The molecule has 114 valence electrons. The van der Waals surface area contributed by atoms with E-state index in [4.69, 9.17) is 4.74 Å². The van der Waals surface area contributed by atoms with Gasteiger partial charge in [-0.2, -0.15) is 0 Å². The van der Waals surface area contributed by atoms with Gasteiger partial charge in [0.2, 0.25) is 5.91 Å². The summed E-state index contributed by atoms with van der Waals surface area (Å²) in [6, 6.07) is 18.0. The lowest BCUT2D eigenvalue weighted by Crippen LogP contribution is -2.35. The fourth-order valence-electron chi connectivity index (χ4n) is 3.02. The van der Waals surface area contributed by atoms with Gasteiger partial charge in [0, 0.05) is 12.0 Å². The number of nitrogens with one attached hydrogen (secondary N) is 1. The molecule has 0 saturated heterocycles. The minimum atomic E-state index is -0.101. The first-order valence-corrected chi connectivity index (χ1v) is 7.86. The highest BCUT2D eigenvalue weighted by Gasteiger charge is 2.26. The SMILES string of the molecule is CC[C@@H](C(=O)N[C@H]1CCOc2ccccc21)c1ccccc1. The fraction of sp³-hybridized carbons (Fsp3) is 0.316. The van der Waals surface area contributed by atoms with Gasteiger partial charge in [-0.3, -0.25) is 4.79 Å². The third-order valence-corrected chi connectivity index (χ3v) is 4.20. The number of fused-ring (bicyclic) bond motifs is 1. The van der Waals surface area contributed by atoms with Gasteiger partial charge in [-0.1, -0.05) is 55.5 Å². The van der Waals surface area contributed by atoms with Gasteiger partial charge in [-0.15, -0.1) is 0 Å². The summed E-state index contributed by atoms with van der Waals surface area (Å²) in [6.45, 7) is 2.69. The van der Waals surface area contributed by atoms with Crippen molar-refractivity contribution in [1.29, 1.82) is 0 Å². The van der Waals surface area contributed by atoms with Crippen LogP contribution in [0, 0.1) is 0 Å². The van der Waals surface area contributed by atoms with Crippen molar-refractivity contribution in [2.45, 2.75) is 31.7 Å². The van der Waals surface area contributed by atoms with E-state index in [0.29, 0.717) is 6.61 Å². The summed E-state index contributed by atoms with van der Waals surface area (Å²) >= 11 is 0. The first-order chi connectivity index (χ1) is 10.8. The van der Waals surface area contributed by atoms with E-state index >= 15 is 0 Å². The Balaban J connectivity index is 1.77. The van der Waals surface area contributed by atoms with Crippen LogP contribution in [0.1, 0.15) is 42.9 Å². The molecule has 0 fully saturated rings. The number of amides is 1. The highest BCUT2D eigenvalue weighted by atomic mass is 16.5. The van der Waals surface area contributed by atoms with Crippen LogP contribution in [0.2, 0.25) is 0 Å². The highest BCUT2D eigenvalue weighted by Crippen LogP contribution is 2.32. The van der Waals surface area contributed by atoms with Crippen LogP contribution in [0.15, 0.2) is 54.6 Å². The number of benzene rings is 2. The van der Waals surface area contributed by atoms with Crippen LogP contribution in [0.3, 0.4) is 0 Å². The minimum Gasteiger partial charge on any atom is -0.493 e. The van der Waals surface area contributed by atoms with Crippen LogP contribution in [-0.4, -0.2) is 12.5 Å². The molecule has 1 amide bonds. The lowest BCUT2D eigenvalue weighted by atomic mass is 9.94. The van der Waals surface area contributed by atoms with Gasteiger partial charge in [0.15, 0.2) is 0 Å². The second-order valence-electron chi connectivity index (χ2n) is 5.61. The Morgan fingerprint density at radius 2 is 1.91 bits per heavy atom. The summed E-state index contributed by atoms with van der Waals surface area (Å²) in [5, 5.41) is 3.21. The van der Waals surface area contributed by atoms with Gasteiger partial charge in [-0.25, -0.2) is 0 Å². The molecule has 1 heterocycles. The van der Waals surface area contributed by atoms with Crippen molar-refractivity contribution in [1.82, 2.24) is 5.32 Å². The molecule has 2 aromatic carbocycles. The average molecular weight is 295 g/mol. The molecule has 0 aromatic heterocycles. The van der Waals surface area contributed by atoms with Gasteiger partial charge >= 0.3 is 0 Å². The van der Waals surface area contributed by atoms with Gasteiger partial charge < -0.3 is 10.1 Å². The first kappa shape index (κ1) is 14.6. The molecule has 3 rings (SSSR count). The van der Waals surface area contributed by atoms with Crippen molar-refractivity contribution in [2.75, 3.05) is 6.61 Å². The first-order valence-electron chi connectivity index (χ1n) is 7.86. The van der Waals surface area contributed by atoms with Crippen molar-refractivity contribution in [3.05, 3.63) is 65.7 Å². The molecule has 3 heteroatoms. The molecule has 0 saturated carbocycles. The van der Waals surface area contributed by atoms with Gasteiger partial charge in [0.05, 0.1) is 18.6 Å². The van der Waals surface area contributed by atoms with Crippen LogP contribution < -0.4 is 10.1 Å². The largest absolute Gasteiger partial charge is 0.493 e. The van der Waals surface area contributed by atoms with Crippen LogP contribution in [-0.2, 0) is 4.79 Å². The van der Waals surface area contributed by atoms with E-state index in [1.807, 2.05) is 54.6 Å². The maximum Gasteiger partial charge on any atom is 0.228 e. The number of carbonyl (C=O) groups excluding carboxylic acids is 1. The molecule has 1 aliphatic rings. The lowest BCUT2D eigenvalue weighted by molar-refractivity contribution is -0.123. The van der Waals surface area contributed by atoms with Gasteiger partial charge in [0.25, 0.3) is 0 Å². The van der Waals surface area contributed by atoms with Crippen molar-refractivity contribution < 1.29 is 9.53 Å². The molecule has 3 nitrogen and oxygen atoms in total. The maximum absolute atomic E-state index is 12.7. The molecule has 0 aliphatic carbocycles. The van der Waals surface area contributed by atoms with Crippen molar-refractivity contribution in [2.24, 2.45) is 0 Å². The van der Waals surface area contributed by atoms with E-state index in [1.165, 1.54) is 0 Å². The molecule has 0 bridgehead atoms. The number of carbonyl (C=O) groups is 1. The molecular formula is C19H21NO2. The molecule has 0 unspecified atom stereocenters. The van der Waals surface area contributed by atoms with E-state index in [1.54, 1.807) is 0 Å². The number of ether oxygens (including phenoxy) is 1. The Hall–Kier alpha value is -2.29. The Morgan fingerprint density at radius 1 is 1.18 bits per heavy atom. The summed E-state index contributed by atoms with van der Waals surface area (Å²) in [4.78, 5) is 12.7. The molecule has 1 N–H and O–H groups in total. The van der Waals surface area contributed by atoms with E-state index < -0.39 is 0 Å². The number of para-hydroxylation sites is 1. The molecule has 1 aliphatic heterocycles. The second-order valence-corrected chi connectivity index (χ2v) is 5.61. The van der Waals surface area contributed by atoms with Crippen LogP contribution >= 0.6 is 0 Å². The minimum absolute atomic E-state index is 0.0372. The zero-order chi connectivity index (χ0) is 15.4. The topological polar surface area (TPSA) is 38.3 Å².